The molecule has 2 rings (SSSR count). The van der Waals surface area contributed by atoms with Crippen LogP contribution in [0.25, 0.3) is 6.08 Å². The second kappa shape index (κ2) is 10.2. The van der Waals surface area contributed by atoms with Gasteiger partial charge in [-0.25, -0.2) is 17.9 Å². The van der Waals surface area contributed by atoms with Crippen molar-refractivity contribution >= 4 is 28.0 Å². The van der Waals surface area contributed by atoms with E-state index in [2.05, 4.69) is 10.0 Å². The molecule has 0 bridgehead atoms. The molecule has 0 saturated heterocycles. The fourth-order valence-electron chi connectivity index (χ4n) is 2.98. The van der Waals surface area contributed by atoms with Crippen LogP contribution < -0.4 is 14.8 Å². The van der Waals surface area contributed by atoms with E-state index in [-0.39, 0.29) is 29.2 Å². The minimum Gasteiger partial charge on any atom is -0.495 e. The van der Waals surface area contributed by atoms with E-state index in [0.717, 1.165) is 31.8 Å². The molecule has 0 spiro atoms. The van der Waals surface area contributed by atoms with Crippen molar-refractivity contribution in [2.75, 3.05) is 20.8 Å². The van der Waals surface area contributed by atoms with Crippen molar-refractivity contribution in [3.8, 4) is 5.75 Å². The van der Waals surface area contributed by atoms with Gasteiger partial charge in [-0.2, -0.15) is 0 Å². The number of carbonyl (C=O) groups excluding carboxylic acids is 2. The molecule has 0 aromatic heterocycles. The highest BCUT2D eigenvalue weighted by molar-refractivity contribution is 7.89. The Balaban J connectivity index is 1.92. The predicted octanol–water partition coefficient (Wildman–Crippen LogP) is 1.61. The Bertz CT molecular complexity index is 829. The van der Waals surface area contributed by atoms with E-state index in [1.807, 2.05) is 0 Å². The van der Waals surface area contributed by atoms with Crippen LogP contribution >= 0.6 is 0 Å². The van der Waals surface area contributed by atoms with Gasteiger partial charge in [-0.05, 0) is 43.7 Å². The highest BCUT2D eigenvalue weighted by Gasteiger charge is 2.18. The van der Waals surface area contributed by atoms with Crippen molar-refractivity contribution in [1.82, 2.24) is 10.0 Å². The monoisotopic (exact) mass is 410 g/mol. The number of hydrogen-bond donors (Lipinski definition) is 2. The van der Waals surface area contributed by atoms with Gasteiger partial charge in [0.25, 0.3) is 5.91 Å². The summed E-state index contributed by atoms with van der Waals surface area (Å²) in [4.78, 5) is 23.6. The maximum atomic E-state index is 12.1. The molecule has 1 aromatic carbocycles. The normalized spacial score (nSPS) is 15.4. The number of amides is 1. The van der Waals surface area contributed by atoms with Crippen LogP contribution in [0.15, 0.2) is 29.2 Å². The number of methoxy groups -OCH3 is 1. The predicted molar refractivity (Wildman–Crippen MR) is 104 cm³/mol. The molecule has 9 heteroatoms. The van der Waals surface area contributed by atoms with Crippen LogP contribution in [-0.2, 0) is 24.3 Å². The minimum atomic E-state index is -3.72. The largest absolute Gasteiger partial charge is 0.495 e. The summed E-state index contributed by atoms with van der Waals surface area (Å²) in [6.45, 7) is -0.346. The molecule has 1 aliphatic rings. The molecular formula is C19H26N2O6S. The van der Waals surface area contributed by atoms with Crippen LogP contribution in [0.2, 0.25) is 0 Å². The Morgan fingerprint density at radius 3 is 2.57 bits per heavy atom. The summed E-state index contributed by atoms with van der Waals surface area (Å²) in [5, 5.41) is 2.86. The molecule has 0 aliphatic heterocycles. The molecule has 1 aromatic rings. The average Bonchev–Trinajstić information content (AvgIpc) is 2.71. The Hall–Kier alpha value is -2.39. The number of ether oxygens (including phenoxy) is 2. The number of carbonyl (C=O) groups is 2. The zero-order valence-electron chi connectivity index (χ0n) is 16.1. The molecule has 0 radical (unpaired) electrons. The van der Waals surface area contributed by atoms with E-state index in [0.29, 0.717) is 5.56 Å². The van der Waals surface area contributed by atoms with E-state index in [9.17, 15) is 18.0 Å². The summed E-state index contributed by atoms with van der Waals surface area (Å²) in [5.41, 5.74) is 0.471. The van der Waals surface area contributed by atoms with Crippen LogP contribution in [0.4, 0.5) is 0 Å². The fourth-order valence-corrected chi connectivity index (χ4v) is 3.91. The lowest BCUT2D eigenvalue weighted by atomic mass is 9.95. The van der Waals surface area contributed by atoms with E-state index >= 15 is 0 Å². The molecule has 28 heavy (non-hydrogen) atoms. The van der Waals surface area contributed by atoms with Gasteiger partial charge in [0.15, 0.2) is 6.61 Å². The van der Waals surface area contributed by atoms with Gasteiger partial charge in [-0.1, -0.05) is 25.3 Å². The molecule has 154 valence electrons. The number of hydrogen-bond acceptors (Lipinski definition) is 6. The first-order chi connectivity index (χ1) is 13.4. The maximum Gasteiger partial charge on any atom is 0.331 e. The number of nitrogens with one attached hydrogen (secondary N) is 2. The van der Waals surface area contributed by atoms with Crippen molar-refractivity contribution in [2.45, 2.75) is 43.0 Å². The van der Waals surface area contributed by atoms with Crippen LogP contribution in [0.3, 0.4) is 0 Å². The van der Waals surface area contributed by atoms with E-state index in [4.69, 9.17) is 9.47 Å². The second-order valence-electron chi connectivity index (χ2n) is 6.46. The van der Waals surface area contributed by atoms with E-state index in [1.54, 1.807) is 6.07 Å². The zero-order valence-corrected chi connectivity index (χ0v) is 16.9. The number of esters is 1. The summed E-state index contributed by atoms with van der Waals surface area (Å²) < 4.78 is 36.3. The van der Waals surface area contributed by atoms with Crippen molar-refractivity contribution in [3.63, 3.8) is 0 Å². The first-order valence-corrected chi connectivity index (χ1v) is 10.6. The first-order valence-electron chi connectivity index (χ1n) is 9.11. The third-order valence-corrected chi connectivity index (χ3v) is 5.91. The topological polar surface area (TPSA) is 111 Å². The fraction of sp³-hybridized carbons (Fsp3) is 0.474. The first kappa shape index (κ1) is 21.9. The quantitative estimate of drug-likeness (QED) is 0.498. The van der Waals surface area contributed by atoms with Crippen molar-refractivity contribution in [1.29, 1.82) is 0 Å². The summed E-state index contributed by atoms with van der Waals surface area (Å²) in [5.74, 6) is -0.818. The Morgan fingerprint density at radius 1 is 1.21 bits per heavy atom. The van der Waals surface area contributed by atoms with Crippen molar-refractivity contribution in [3.05, 3.63) is 29.8 Å². The van der Waals surface area contributed by atoms with Gasteiger partial charge in [0.1, 0.15) is 10.6 Å². The smallest absolute Gasteiger partial charge is 0.331 e. The van der Waals surface area contributed by atoms with Gasteiger partial charge in [-0.15, -0.1) is 0 Å². The molecule has 1 fully saturated rings. The SMILES string of the molecule is CNS(=O)(=O)c1cc(/C=C/C(=O)OCC(=O)NC2CCCCC2)ccc1OC. The zero-order chi connectivity index (χ0) is 20.6. The summed E-state index contributed by atoms with van der Waals surface area (Å²) >= 11 is 0. The Kier molecular flexibility index (Phi) is 8.01. The van der Waals surface area contributed by atoms with Crippen LogP contribution in [-0.4, -0.2) is 47.1 Å². The second-order valence-corrected chi connectivity index (χ2v) is 8.32. The lowest BCUT2D eigenvalue weighted by molar-refractivity contribution is -0.144. The highest BCUT2D eigenvalue weighted by atomic mass is 32.2. The number of benzene rings is 1. The van der Waals surface area contributed by atoms with E-state index in [1.165, 1.54) is 38.8 Å². The van der Waals surface area contributed by atoms with Gasteiger partial charge < -0.3 is 14.8 Å². The molecule has 1 amide bonds. The molecule has 0 unspecified atom stereocenters. The number of sulfonamides is 1. The average molecular weight is 410 g/mol. The highest BCUT2D eigenvalue weighted by Crippen LogP contribution is 2.25. The number of rotatable bonds is 8. The van der Waals surface area contributed by atoms with E-state index < -0.39 is 16.0 Å². The Morgan fingerprint density at radius 2 is 1.93 bits per heavy atom. The van der Waals surface area contributed by atoms with Gasteiger partial charge in [0.2, 0.25) is 10.0 Å². The van der Waals surface area contributed by atoms with Crippen LogP contribution in [0, 0.1) is 0 Å². The summed E-state index contributed by atoms with van der Waals surface area (Å²) in [6, 6.07) is 4.63. The molecule has 0 heterocycles. The molecular weight excluding hydrogens is 384 g/mol. The molecule has 8 nitrogen and oxygen atoms in total. The molecule has 1 aliphatic carbocycles. The van der Waals surface area contributed by atoms with Crippen molar-refractivity contribution in [2.24, 2.45) is 0 Å². The maximum absolute atomic E-state index is 12.1. The van der Waals surface area contributed by atoms with Crippen molar-refractivity contribution < 1.29 is 27.5 Å². The molecule has 0 atom stereocenters. The van der Waals surface area contributed by atoms with Gasteiger partial charge >= 0.3 is 5.97 Å². The molecule has 1 saturated carbocycles. The molecule has 2 N–H and O–H groups in total. The third-order valence-electron chi connectivity index (χ3n) is 4.47. The standard InChI is InChI=1S/C19H26N2O6S/c1-20-28(24,25)17-12-14(8-10-16(17)26-2)9-11-19(23)27-13-18(22)21-15-6-4-3-5-7-15/h8-12,15,20H,3-7,13H2,1-2H3,(H,21,22)/b11-9+. The van der Waals surface area contributed by atoms with Gasteiger partial charge in [0, 0.05) is 12.1 Å². The Labute approximate surface area is 165 Å². The van der Waals surface area contributed by atoms with Gasteiger partial charge in [-0.3, -0.25) is 4.79 Å². The van der Waals surface area contributed by atoms with Crippen LogP contribution in [0.5, 0.6) is 5.75 Å². The third kappa shape index (κ3) is 6.35. The van der Waals surface area contributed by atoms with Gasteiger partial charge in [0.05, 0.1) is 7.11 Å². The summed E-state index contributed by atoms with van der Waals surface area (Å²) in [6.07, 6.45) is 7.85. The minimum absolute atomic E-state index is 0.0418. The summed E-state index contributed by atoms with van der Waals surface area (Å²) in [7, 11) is -1.05. The van der Waals surface area contributed by atoms with Crippen LogP contribution in [0.1, 0.15) is 37.7 Å². The lowest BCUT2D eigenvalue weighted by Gasteiger charge is -2.22. The lowest BCUT2D eigenvalue weighted by Crippen LogP contribution is -2.38.